The first-order valence-electron chi connectivity index (χ1n) is 7.18. The summed E-state index contributed by atoms with van der Waals surface area (Å²) >= 11 is 18.0. The molecule has 3 nitrogen and oxygen atoms in total. The molecule has 0 saturated heterocycles. The topological polar surface area (TPSA) is 45.7 Å². The lowest BCUT2D eigenvalue weighted by atomic mass is 10.1. The molecular weight excluding hydrogens is 355 g/mol. The lowest BCUT2D eigenvalue weighted by molar-refractivity contribution is -0.706. The van der Waals surface area contributed by atoms with Gasteiger partial charge in [-0.05, 0) is 19.1 Å². The van der Waals surface area contributed by atoms with Crippen LogP contribution in [-0.4, -0.2) is 15.9 Å². The van der Waals surface area contributed by atoms with Gasteiger partial charge in [0.2, 0.25) is 6.17 Å². The molecule has 2 aromatic carbocycles. The van der Waals surface area contributed by atoms with Crippen LogP contribution in [0.5, 0.6) is 0 Å². The van der Waals surface area contributed by atoms with Crippen LogP contribution in [0.4, 0.5) is 0 Å². The Hall–Kier alpha value is -1.26. The third kappa shape index (κ3) is 5.70. The fourth-order valence-electron chi connectivity index (χ4n) is 2.07. The molecule has 2 aromatic rings. The van der Waals surface area contributed by atoms with Gasteiger partial charge in [0.25, 0.3) is 9.70 Å². The summed E-state index contributed by atoms with van der Waals surface area (Å²) in [5, 5.41) is 4.57. The molecule has 0 radical (unpaired) electrons. The molecular formula is C17H18Cl3N2O+. The molecule has 23 heavy (non-hydrogen) atoms. The zero-order valence-corrected chi connectivity index (χ0v) is 14.9. The molecule has 0 unspecified atom stereocenters. The van der Waals surface area contributed by atoms with Crippen LogP contribution >= 0.6 is 34.8 Å². The molecule has 6 heteroatoms. The van der Waals surface area contributed by atoms with Crippen molar-refractivity contribution in [2.24, 2.45) is 0 Å². The van der Waals surface area contributed by atoms with Crippen molar-refractivity contribution in [2.75, 3.05) is 0 Å². The van der Waals surface area contributed by atoms with Gasteiger partial charge in [-0.2, -0.15) is 0 Å². The van der Waals surface area contributed by atoms with Crippen LogP contribution in [0.3, 0.4) is 0 Å². The van der Waals surface area contributed by atoms with Crippen molar-refractivity contribution < 1.29 is 10.1 Å². The van der Waals surface area contributed by atoms with Crippen LogP contribution in [-0.2, 0) is 6.54 Å². The van der Waals surface area contributed by atoms with Gasteiger partial charge < -0.3 is 5.32 Å². The maximum atomic E-state index is 12.3. The van der Waals surface area contributed by atoms with Gasteiger partial charge >= 0.3 is 0 Å². The van der Waals surface area contributed by atoms with Crippen molar-refractivity contribution in [3.8, 4) is 0 Å². The third-order valence-electron chi connectivity index (χ3n) is 3.39. The van der Waals surface area contributed by atoms with Crippen LogP contribution in [0.15, 0.2) is 54.6 Å². The van der Waals surface area contributed by atoms with Crippen molar-refractivity contribution in [3.63, 3.8) is 0 Å². The first-order valence-corrected chi connectivity index (χ1v) is 8.31. The summed E-state index contributed by atoms with van der Waals surface area (Å²) in [4.78, 5) is 12.3. The van der Waals surface area contributed by atoms with Gasteiger partial charge in [0, 0.05) is 11.1 Å². The Morgan fingerprint density at radius 1 is 1.09 bits per heavy atom. The zero-order chi connectivity index (χ0) is 16.9. The van der Waals surface area contributed by atoms with Crippen LogP contribution < -0.4 is 10.6 Å². The van der Waals surface area contributed by atoms with E-state index in [4.69, 9.17) is 34.8 Å². The zero-order valence-electron chi connectivity index (χ0n) is 12.6. The molecule has 0 aromatic heterocycles. The number of benzene rings is 2. The largest absolute Gasteiger partial charge is 0.319 e. The molecule has 122 valence electrons. The van der Waals surface area contributed by atoms with Gasteiger partial charge in [0.1, 0.15) is 6.54 Å². The minimum Gasteiger partial charge on any atom is -0.319 e. The number of quaternary nitrogens is 1. The normalized spacial score (nSPS) is 12.7. The highest BCUT2D eigenvalue weighted by molar-refractivity contribution is 6.68. The number of nitrogens with one attached hydrogen (secondary N) is 1. The van der Waals surface area contributed by atoms with Gasteiger partial charge in [-0.1, -0.05) is 82.8 Å². The Morgan fingerprint density at radius 2 is 1.70 bits per heavy atom. The van der Waals surface area contributed by atoms with Gasteiger partial charge in [-0.25, -0.2) is 0 Å². The van der Waals surface area contributed by atoms with Gasteiger partial charge in [-0.15, -0.1) is 0 Å². The standard InChI is InChI=1S/C17H17Cl3N2O/c1-12-7-9-14(10-8-12)15(23)22-16(17(18,19)20)21-11-13-5-3-2-4-6-13/h2-10,16,21H,11H2,1H3,(H,22,23)/p+1/t16-/m1/s1. The number of alkyl halides is 3. The van der Waals surface area contributed by atoms with Crippen molar-refractivity contribution in [1.29, 1.82) is 0 Å². The van der Waals surface area contributed by atoms with Crippen LogP contribution in [0.1, 0.15) is 21.5 Å². The van der Waals surface area contributed by atoms with Crippen LogP contribution in [0, 0.1) is 6.92 Å². The van der Waals surface area contributed by atoms with Crippen LogP contribution in [0.2, 0.25) is 0 Å². The second-order valence-corrected chi connectivity index (χ2v) is 7.65. The average molecular weight is 373 g/mol. The van der Waals surface area contributed by atoms with Gasteiger partial charge in [0.15, 0.2) is 0 Å². The number of carbonyl (C=O) groups is 1. The summed E-state index contributed by atoms with van der Waals surface area (Å²) < 4.78 is -1.62. The van der Waals surface area contributed by atoms with E-state index in [0.717, 1.165) is 11.1 Å². The van der Waals surface area contributed by atoms with E-state index in [-0.39, 0.29) is 5.91 Å². The Morgan fingerprint density at radius 3 is 2.26 bits per heavy atom. The smallest absolute Gasteiger partial charge is 0.262 e. The number of carbonyl (C=O) groups excluding carboxylic acids is 1. The minimum absolute atomic E-state index is 0.273. The van der Waals surface area contributed by atoms with E-state index in [0.29, 0.717) is 12.1 Å². The number of rotatable bonds is 5. The highest BCUT2D eigenvalue weighted by Crippen LogP contribution is 2.27. The molecule has 0 heterocycles. The molecule has 2 rings (SSSR count). The minimum atomic E-state index is -1.62. The quantitative estimate of drug-likeness (QED) is 0.614. The van der Waals surface area contributed by atoms with E-state index in [9.17, 15) is 4.79 Å². The maximum absolute atomic E-state index is 12.3. The molecule has 0 aliphatic heterocycles. The molecule has 0 saturated carbocycles. The summed E-state index contributed by atoms with van der Waals surface area (Å²) in [6.07, 6.45) is -0.693. The number of aryl methyl sites for hydroxylation is 1. The number of hydrogen-bond donors (Lipinski definition) is 2. The highest BCUT2D eigenvalue weighted by atomic mass is 35.6. The van der Waals surface area contributed by atoms with E-state index < -0.39 is 9.96 Å². The molecule has 1 atom stereocenters. The third-order valence-corrected chi connectivity index (χ3v) is 4.09. The SMILES string of the molecule is Cc1ccc(C(=O)N[C@@H]([NH2+]Cc2ccccc2)C(Cl)(Cl)Cl)cc1. The van der Waals surface area contributed by atoms with Crippen molar-refractivity contribution in [3.05, 3.63) is 71.3 Å². The Kier molecular flexibility index (Phi) is 6.31. The lowest BCUT2D eigenvalue weighted by Crippen LogP contribution is -2.95. The summed E-state index contributed by atoms with van der Waals surface area (Å²) in [6, 6.07) is 17.0. The molecule has 1 amide bonds. The first kappa shape index (κ1) is 18.1. The fraction of sp³-hybridized carbons (Fsp3) is 0.235. The van der Waals surface area contributed by atoms with Crippen molar-refractivity contribution >= 4 is 40.7 Å². The predicted molar refractivity (Wildman–Crippen MR) is 94.8 cm³/mol. The first-order chi connectivity index (χ1) is 10.9. The van der Waals surface area contributed by atoms with Crippen LogP contribution in [0.25, 0.3) is 0 Å². The molecule has 0 fully saturated rings. The number of amides is 1. The Labute approximate surface area is 150 Å². The number of nitrogens with two attached hydrogens (primary N) is 1. The summed E-state index contributed by atoms with van der Waals surface area (Å²) in [5.41, 5.74) is 2.69. The Balaban J connectivity index is 2.04. The molecule has 3 N–H and O–H groups in total. The average Bonchev–Trinajstić information content (AvgIpc) is 2.51. The second kappa shape index (κ2) is 8.02. The number of halogens is 3. The number of hydrogen-bond acceptors (Lipinski definition) is 1. The van der Waals surface area contributed by atoms with Crippen molar-refractivity contribution in [2.45, 2.75) is 23.4 Å². The highest BCUT2D eigenvalue weighted by Gasteiger charge is 2.37. The van der Waals surface area contributed by atoms with Gasteiger partial charge in [-0.3, -0.25) is 10.1 Å². The lowest BCUT2D eigenvalue weighted by Gasteiger charge is -2.23. The maximum Gasteiger partial charge on any atom is 0.262 e. The molecule has 0 spiro atoms. The van der Waals surface area contributed by atoms with E-state index >= 15 is 0 Å². The van der Waals surface area contributed by atoms with Crippen molar-refractivity contribution in [1.82, 2.24) is 5.32 Å². The Bertz CT molecular complexity index is 639. The van der Waals surface area contributed by atoms with E-state index in [1.807, 2.05) is 49.4 Å². The summed E-state index contributed by atoms with van der Waals surface area (Å²) in [7, 11) is 0. The van der Waals surface area contributed by atoms with Gasteiger partial charge in [0.05, 0.1) is 0 Å². The molecule has 0 aliphatic carbocycles. The van der Waals surface area contributed by atoms with E-state index in [2.05, 4.69) is 5.32 Å². The monoisotopic (exact) mass is 371 g/mol. The summed E-state index contributed by atoms with van der Waals surface area (Å²) in [6.45, 7) is 2.55. The summed E-state index contributed by atoms with van der Waals surface area (Å²) in [5.74, 6) is -0.273. The fourth-order valence-corrected chi connectivity index (χ4v) is 2.50. The van der Waals surface area contributed by atoms with E-state index in [1.165, 1.54) is 0 Å². The second-order valence-electron chi connectivity index (χ2n) is 5.28. The van der Waals surface area contributed by atoms with E-state index in [1.54, 1.807) is 17.4 Å². The molecule has 0 aliphatic rings. The molecule has 0 bridgehead atoms. The predicted octanol–water partition coefficient (Wildman–Crippen LogP) is 3.18.